The first kappa shape index (κ1) is 17.1. The lowest BCUT2D eigenvalue weighted by Crippen LogP contribution is -2.46. The van der Waals surface area contributed by atoms with Crippen molar-refractivity contribution in [2.45, 2.75) is 44.6 Å². The second kappa shape index (κ2) is 8.92. The van der Waals surface area contributed by atoms with Crippen LogP contribution in [0.4, 0.5) is 0 Å². The molecule has 1 fully saturated rings. The highest BCUT2D eigenvalue weighted by molar-refractivity contribution is 5.13. The van der Waals surface area contributed by atoms with Crippen molar-refractivity contribution in [3.05, 3.63) is 48.5 Å². The molecule has 24 heavy (non-hydrogen) atoms. The van der Waals surface area contributed by atoms with Gasteiger partial charge < -0.3 is 9.84 Å². The van der Waals surface area contributed by atoms with Crippen LogP contribution in [0.2, 0.25) is 0 Å². The number of aliphatic hydroxyl groups excluding tert-OH is 1. The van der Waals surface area contributed by atoms with E-state index < -0.39 is 6.10 Å². The molecule has 1 saturated heterocycles. The predicted octanol–water partition coefficient (Wildman–Crippen LogP) is 1.71. The second-order valence-electron chi connectivity index (χ2n) is 6.42. The van der Waals surface area contributed by atoms with E-state index in [9.17, 15) is 5.11 Å². The Balaban J connectivity index is 1.44. The van der Waals surface area contributed by atoms with Gasteiger partial charge in [-0.15, -0.1) is 0 Å². The van der Waals surface area contributed by atoms with Crippen LogP contribution >= 0.6 is 0 Å². The maximum Gasteiger partial charge on any atom is 0.137 e. The number of hydrogen-bond donors (Lipinski definition) is 1. The number of benzene rings is 1. The lowest BCUT2D eigenvalue weighted by atomic mass is 10.0. The van der Waals surface area contributed by atoms with E-state index in [0.29, 0.717) is 25.8 Å². The second-order valence-corrected chi connectivity index (χ2v) is 6.42. The minimum absolute atomic E-state index is 0.363. The fourth-order valence-electron chi connectivity index (χ4n) is 3.26. The quantitative estimate of drug-likeness (QED) is 0.798. The van der Waals surface area contributed by atoms with Crippen LogP contribution in [-0.2, 0) is 17.9 Å². The average molecular weight is 330 g/mol. The van der Waals surface area contributed by atoms with Gasteiger partial charge in [-0.2, -0.15) is 5.10 Å². The molecule has 6 nitrogen and oxygen atoms in total. The standard InChI is InChI=1S/C18H26N4O2/c23-18(13-24-12-16-6-2-1-3-7-16)11-21-9-5-4-8-17(21)10-22-15-19-14-20-22/h1-3,6-7,14-15,17-18,23H,4-5,8-13H2/t17-,18+/m1/s1. The van der Waals surface area contributed by atoms with Crippen LogP contribution in [0.3, 0.4) is 0 Å². The van der Waals surface area contributed by atoms with Crippen molar-refractivity contribution in [3.63, 3.8) is 0 Å². The number of rotatable bonds is 8. The van der Waals surface area contributed by atoms with Gasteiger partial charge in [0.2, 0.25) is 0 Å². The smallest absolute Gasteiger partial charge is 0.137 e. The summed E-state index contributed by atoms with van der Waals surface area (Å²) in [5, 5.41) is 14.5. The first-order valence-corrected chi connectivity index (χ1v) is 8.67. The lowest BCUT2D eigenvalue weighted by molar-refractivity contribution is -0.00571. The van der Waals surface area contributed by atoms with E-state index in [-0.39, 0.29) is 0 Å². The van der Waals surface area contributed by atoms with Gasteiger partial charge >= 0.3 is 0 Å². The van der Waals surface area contributed by atoms with E-state index in [2.05, 4.69) is 15.0 Å². The zero-order valence-electron chi connectivity index (χ0n) is 14.0. The number of aliphatic hydroxyl groups is 1. The Kier molecular flexibility index (Phi) is 6.34. The molecule has 1 aliphatic heterocycles. The Morgan fingerprint density at radius 3 is 2.92 bits per heavy atom. The van der Waals surface area contributed by atoms with E-state index in [1.54, 1.807) is 12.7 Å². The summed E-state index contributed by atoms with van der Waals surface area (Å²) >= 11 is 0. The molecule has 130 valence electrons. The van der Waals surface area contributed by atoms with Crippen LogP contribution in [0, 0.1) is 0 Å². The molecule has 2 aromatic rings. The predicted molar refractivity (Wildman–Crippen MR) is 91.3 cm³/mol. The van der Waals surface area contributed by atoms with E-state index in [0.717, 1.165) is 25.1 Å². The molecule has 0 saturated carbocycles. The zero-order valence-corrected chi connectivity index (χ0v) is 14.0. The van der Waals surface area contributed by atoms with Crippen LogP contribution in [0.25, 0.3) is 0 Å². The molecule has 0 bridgehead atoms. The summed E-state index contributed by atoms with van der Waals surface area (Å²) in [5.74, 6) is 0. The van der Waals surface area contributed by atoms with Crippen molar-refractivity contribution < 1.29 is 9.84 Å². The van der Waals surface area contributed by atoms with Gasteiger partial charge in [-0.3, -0.25) is 9.58 Å². The Morgan fingerprint density at radius 1 is 1.25 bits per heavy atom. The molecule has 0 radical (unpaired) electrons. The number of likely N-dealkylation sites (tertiary alicyclic amines) is 1. The van der Waals surface area contributed by atoms with E-state index in [1.807, 2.05) is 35.0 Å². The summed E-state index contributed by atoms with van der Waals surface area (Å²) in [7, 11) is 0. The molecule has 0 unspecified atom stereocenters. The minimum atomic E-state index is -0.468. The SMILES string of the molecule is O[C@H](COCc1ccccc1)CN1CCCC[C@@H]1Cn1cncn1. The summed E-state index contributed by atoms with van der Waals surface area (Å²) in [6.07, 6.45) is 6.41. The molecule has 1 N–H and O–H groups in total. The van der Waals surface area contributed by atoms with Gasteiger partial charge in [0.05, 0.1) is 25.9 Å². The van der Waals surface area contributed by atoms with Crippen molar-refractivity contribution in [1.82, 2.24) is 19.7 Å². The van der Waals surface area contributed by atoms with Gasteiger partial charge in [-0.1, -0.05) is 36.8 Å². The number of nitrogens with zero attached hydrogens (tertiary/aromatic N) is 4. The lowest BCUT2D eigenvalue weighted by Gasteiger charge is -2.36. The largest absolute Gasteiger partial charge is 0.389 e. The van der Waals surface area contributed by atoms with Crippen LogP contribution < -0.4 is 0 Å². The van der Waals surface area contributed by atoms with Crippen LogP contribution in [0.5, 0.6) is 0 Å². The molecular weight excluding hydrogens is 304 g/mol. The highest BCUT2D eigenvalue weighted by atomic mass is 16.5. The molecule has 2 heterocycles. The monoisotopic (exact) mass is 330 g/mol. The van der Waals surface area contributed by atoms with Gasteiger partial charge in [0.15, 0.2) is 0 Å². The molecular formula is C18H26N4O2. The average Bonchev–Trinajstić information content (AvgIpc) is 3.11. The van der Waals surface area contributed by atoms with Crippen molar-refractivity contribution in [1.29, 1.82) is 0 Å². The fourth-order valence-corrected chi connectivity index (χ4v) is 3.26. The molecule has 0 amide bonds. The summed E-state index contributed by atoms with van der Waals surface area (Å²) < 4.78 is 7.54. The highest BCUT2D eigenvalue weighted by Gasteiger charge is 2.25. The third-order valence-electron chi connectivity index (χ3n) is 4.48. The topological polar surface area (TPSA) is 63.4 Å². The third kappa shape index (κ3) is 5.12. The van der Waals surface area contributed by atoms with Crippen molar-refractivity contribution >= 4 is 0 Å². The summed E-state index contributed by atoms with van der Waals surface area (Å²) in [4.78, 5) is 6.37. The van der Waals surface area contributed by atoms with Gasteiger partial charge in [0.1, 0.15) is 12.7 Å². The van der Waals surface area contributed by atoms with Crippen LogP contribution in [0.15, 0.2) is 43.0 Å². The zero-order chi connectivity index (χ0) is 16.6. The third-order valence-corrected chi connectivity index (χ3v) is 4.48. The van der Waals surface area contributed by atoms with E-state index >= 15 is 0 Å². The molecule has 1 aromatic carbocycles. The van der Waals surface area contributed by atoms with Gasteiger partial charge in [-0.05, 0) is 24.9 Å². The minimum Gasteiger partial charge on any atom is -0.389 e. The maximum absolute atomic E-state index is 10.3. The number of piperidine rings is 1. The molecule has 1 aliphatic rings. The van der Waals surface area contributed by atoms with Gasteiger partial charge in [-0.25, -0.2) is 4.98 Å². The molecule has 0 aliphatic carbocycles. The van der Waals surface area contributed by atoms with E-state index in [1.165, 1.54) is 12.8 Å². The number of hydrogen-bond acceptors (Lipinski definition) is 5. The van der Waals surface area contributed by atoms with Crippen LogP contribution in [-0.4, -0.2) is 56.6 Å². The maximum atomic E-state index is 10.3. The van der Waals surface area contributed by atoms with E-state index in [4.69, 9.17) is 4.74 Å². The first-order chi connectivity index (χ1) is 11.8. The Morgan fingerprint density at radius 2 is 2.12 bits per heavy atom. The molecule has 1 aromatic heterocycles. The summed E-state index contributed by atoms with van der Waals surface area (Å²) in [6, 6.07) is 10.5. The Bertz CT molecular complexity index is 576. The molecule has 3 rings (SSSR count). The van der Waals surface area contributed by atoms with Gasteiger partial charge in [0, 0.05) is 12.6 Å². The van der Waals surface area contributed by atoms with Crippen molar-refractivity contribution in [2.75, 3.05) is 19.7 Å². The fraction of sp³-hybridized carbons (Fsp3) is 0.556. The Labute approximate surface area is 143 Å². The summed E-state index contributed by atoms with van der Waals surface area (Å²) in [5.41, 5.74) is 1.13. The molecule has 0 spiro atoms. The normalized spacial score (nSPS) is 20.1. The first-order valence-electron chi connectivity index (χ1n) is 8.67. The Hall–Kier alpha value is -1.76. The van der Waals surface area contributed by atoms with Gasteiger partial charge in [0.25, 0.3) is 0 Å². The highest BCUT2D eigenvalue weighted by Crippen LogP contribution is 2.18. The number of aromatic nitrogens is 3. The van der Waals surface area contributed by atoms with Crippen LogP contribution in [0.1, 0.15) is 24.8 Å². The van der Waals surface area contributed by atoms with Crippen molar-refractivity contribution in [3.8, 4) is 0 Å². The van der Waals surface area contributed by atoms with Crippen molar-refractivity contribution in [2.24, 2.45) is 0 Å². The molecule has 2 atom stereocenters. The number of β-amino-alcohol motifs (C(OH)–C–C–N with tert-alkyl or cyclic N) is 1. The summed E-state index contributed by atoms with van der Waals surface area (Å²) in [6.45, 7) is 3.41. The number of ether oxygens (including phenoxy) is 1. The molecule has 6 heteroatoms.